The molecule has 0 spiro atoms. The standard InChI is InChI=1S/C15H16N2O5/c1-20-12-7-10(8-13(21-2)14(12)22-3)15(18)16-11-5-4-6-17(19)9-11/h4-9H,1-3H3,(H,16,18). The molecule has 1 heterocycles. The monoisotopic (exact) mass is 304 g/mol. The summed E-state index contributed by atoms with van der Waals surface area (Å²) in [4.78, 5) is 12.3. The van der Waals surface area contributed by atoms with E-state index in [1.165, 1.54) is 51.9 Å². The Balaban J connectivity index is 2.33. The Bertz CT molecular complexity index is 662. The van der Waals surface area contributed by atoms with E-state index in [0.29, 0.717) is 33.2 Å². The zero-order chi connectivity index (χ0) is 16.1. The molecular weight excluding hydrogens is 288 g/mol. The third-order valence-corrected chi connectivity index (χ3v) is 2.96. The first kappa shape index (κ1) is 15.4. The second-order valence-corrected chi connectivity index (χ2v) is 4.32. The average Bonchev–Trinajstić information content (AvgIpc) is 2.53. The van der Waals surface area contributed by atoms with Crippen LogP contribution in [0, 0.1) is 5.21 Å². The SMILES string of the molecule is COc1cc(C(=O)Nc2ccc[n+]([O-])c2)cc(OC)c1OC. The van der Waals surface area contributed by atoms with Crippen molar-refractivity contribution >= 4 is 11.6 Å². The number of ether oxygens (including phenoxy) is 3. The van der Waals surface area contributed by atoms with Crippen LogP contribution in [-0.4, -0.2) is 27.2 Å². The topological polar surface area (TPSA) is 83.7 Å². The summed E-state index contributed by atoms with van der Waals surface area (Å²) in [5, 5.41) is 13.8. The molecule has 0 aliphatic rings. The number of benzene rings is 1. The molecule has 1 aromatic heterocycles. The number of nitrogens with zero attached hydrogens (tertiary/aromatic N) is 1. The number of carbonyl (C=O) groups excluding carboxylic acids is 1. The van der Waals surface area contributed by atoms with Crippen LogP contribution in [0.3, 0.4) is 0 Å². The number of rotatable bonds is 5. The average molecular weight is 304 g/mol. The van der Waals surface area contributed by atoms with Crippen LogP contribution in [0.1, 0.15) is 10.4 Å². The van der Waals surface area contributed by atoms with Crippen LogP contribution in [0.5, 0.6) is 17.2 Å². The number of anilines is 1. The van der Waals surface area contributed by atoms with Crippen molar-refractivity contribution in [3.05, 3.63) is 47.4 Å². The summed E-state index contributed by atoms with van der Waals surface area (Å²) in [6.45, 7) is 0. The molecule has 0 aliphatic heterocycles. The van der Waals surface area contributed by atoms with Crippen LogP contribution in [-0.2, 0) is 0 Å². The molecular formula is C15H16N2O5. The molecule has 0 fully saturated rings. The third kappa shape index (κ3) is 3.20. The lowest BCUT2D eigenvalue weighted by molar-refractivity contribution is -0.604. The molecule has 1 aromatic carbocycles. The number of methoxy groups -OCH3 is 3. The van der Waals surface area contributed by atoms with Gasteiger partial charge in [0, 0.05) is 11.6 Å². The molecule has 0 aliphatic carbocycles. The van der Waals surface area contributed by atoms with E-state index in [9.17, 15) is 10.0 Å². The van der Waals surface area contributed by atoms with E-state index in [1.54, 1.807) is 6.07 Å². The largest absolute Gasteiger partial charge is 0.619 e. The number of carbonyl (C=O) groups is 1. The zero-order valence-electron chi connectivity index (χ0n) is 12.5. The van der Waals surface area contributed by atoms with Gasteiger partial charge in [0.1, 0.15) is 5.69 Å². The van der Waals surface area contributed by atoms with E-state index >= 15 is 0 Å². The fourth-order valence-electron chi connectivity index (χ4n) is 1.94. The molecule has 0 saturated carbocycles. The predicted octanol–water partition coefficient (Wildman–Crippen LogP) is 1.60. The molecule has 116 valence electrons. The van der Waals surface area contributed by atoms with Gasteiger partial charge in [0.25, 0.3) is 5.91 Å². The third-order valence-electron chi connectivity index (χ3n) is 2.96. The van der Waals surface area contributed by atoms with Crippen LogP contribution in [0.4, 0.5) is 5.69 Å². The van der Waals surface area contributed by atoms with Gasteiger partial charge in [-0.2, -0.15) is 4.73 Å². The summed E-state index contributed by atoms with van der Waals surface area (Å²) in [7, 11) is 4.42. The Labute approximate surface area is 127 Å². The van der Waals surface area contributed by atoms with Gasteiger partial charge in [0.15, 0.2) is 17.7 Å². The van der Waals surface area contributed by atoms with E-state index in [2.05, 4.69) is 5.32 Å². The van der Waals surface area contributed by atoms with Crippen molar-refractivity contribution in [3.8, 4) is 17.2 Å². The maximum atomic E-state index is 12.3. The van der Waals surface area contributed by atoms with Crippen LogP contribution in [0.15, 0.2) is 36.7 Å². The number of hydrogen-bond donors (Lipinski definition) is 1. The Hall–Kier alpha value is -2.96. The molecule has 1 N–H and O–H groups in total. The fourth-order valence-corrected chi connectivity index (χ4v) is 1.94. The minimum Gasteiger partial charge on any atom is -0.619 e. The highest BCUT2D eigenvalue weighted by atomic mass is 16.5. The fraction of sp³-hybridized carbons (Fsp3) is 0.200. The first-order chi connectivity index (χ1) is 10.6. The lowest BCUT2D eigenvalue weighted by Crippen LogP contribution is -2.25. The van der Waals surface area contributed by atoms with Gasteiger partial charge in [0.2, 0.25) is 11.9 Å². The van der Waals surface area contributed by atoms with Gasteiger partial charge < -0.3 is 24.7 Å². The molecule has 1 amide bonds. The molecule has 2 rings (SSSR count). The highest BCUT2D eigenvalue weighted by Crippen LogP contribution is 2.38. The first-order valence-corrected chi connectivity index (χ1v) is 6.39. The van der Waals surface area contributed by atoms with Gasteiger partial charge in [0.05, 0.1) is 21.3 Å². The van der Waals surface area contributed by atoms with E-state index in [4.69, 9.17) is 14.2 Å². The highest BCUT2D eigenvalue weighted by Gasteiger charge is 2.17. The van der Waals surface area contributed by atoms with Gasteiger partial charge in [-0.05, 0) is 18.2 Å². The molecule has 7 nitrogen and oxygen atoms in total. The Morgan fingerprint density at radius 3 is 2.27 bits per heavy atom. The van der Waals surface area contributed by atoms with Crippen molar-refractivity contribution in [1.82, 2.24) is 0 Å². The summed E-state index contributed by atoms with van der Waals surface area (Å²) >= 11 is 0. The van der Waals surface area contributed by atoms with Gasteiger partial charge in [-0.1, -0.05) is 0 Å². The molecule has 7 heteroatoms. The van der Waals surface area contributed by atoms with Crippen molar-refractivity contribution in [2.45, 2.75) is 0 Å². The molecule has 0 bridgehead atoms. The number of nitrogens with one attached hydrogen (secondary N) is 1. The van der Waals surface area contributed by atoms with Crippen molar-refractivity contribution in [2.75, 3.05) is 26.6 Å². The quantitative estimate of drug-likeness (QED) is 0.670. The second-order valence-electron chi connectivity index (χ2n) is 4.32. The number of amides is 1. The maximum absolute atomic E-state index is 12.3. The molecule has 0 atom stereocenters. The second kappa shape index (κ2) is 6.66. The van der Waals surface area contributed by atoms with E-state index in [-0.39, 0.29) is 0 Å². The number of hydrogen-bond acceptors (Lipinski definition) is 5. The summed E-state index contributed by atoms with van der Waals surface area (Å²) in [6, 6.07) is 6.22. The number of pyridine rings is 1. The smallest absolute Gasteiger partial charge is 0.256 e. The van der Waals surface area contributed by atoms with Crippen LogP contribution < -0.4 is 24.3 Å². The highest BCUT2D eigenvalue weighted by molar-refractivity contribution is 6.05. The molecule has 0 radical (unpaired) electrons. The van der Waals surface area contributed by atoms with Crippen molar-refractivity contribution in [2.24, 2.45) is 0 Å². The van der Waals surface area contributed by atoms with Gasteiger partial charge in [-0.3, -0.25) is 4.79 Å². The summed E-state index contributed by atoms with van der Waals surface area (Å²) in [6.07, 6.45) is 2.59. The Morgan fingerprint density at radius 1 is 1.14 bits per heavy atom. The van der Waals surface area contributed by atoms with E-state index in [1.807, 2.05) is 0 Å². The van der Waals surface area contributed by atoms with Gasteiger partial charge in [-0.15, -0.1) is 0 Å². The number of aromatic nitrogens is 1. The Morgan fingerprint density at radius 2 is 1.77 bits per heavy atom. The zero-order valence-corrected chi connectivity index (χ0v) is 12.5. The van der Waals surface area contributed by atoms with Crippen molar-refractivity contribution in [3.63, 3.8) is 0 Å². The minimum atomic E-state index is -0.398. The first-order valence-electron chi connectivity index (χ1n) is 6.39. The van der Waals surface area contributed by atoms with Crippen LogP contribution in [0.2, 0.25) is 0 Å². The maximum Gasteiger partial charge on any atom is 0.256 e. The molecule has 22 heavy (non-hydrogen) atoms. The van der Waals surface area contributed by atoms with Gasteiger partial charge >= 0.3 is 0 Å². The summed E-state index contributed by atoms with van der Waals surface area (Å²) in [5.41, 5.74) is 0.701. The lowest BCUT2D eigenvalue weighted by Gasteiger charge is -2.14. The molecule has 0 saturated heterocycles. The molecule has 2 aromatic rings. The van der Waals surface area contributed by atoms with Crippen molar-refractivity contribution in [1.29, 1.82) is 0 Å². The predicted molar refractivity (Wildman–Crippen MR) is 79.5 cm³/mol. The van der Waals surface area contributed by atoms with Crippen LogP contribution in [0.25, 0.3) is 0 Å². The van der Waals surface area contributed by atoms with Gasteiger partial charge in [-0.25, -0.2) is 0 Å². The van der Waals surface area contributed by atoms with Crippen molar-refractivity contribution < 1.29 is 23.7 Å². The summed E-state index contributed by atoms with van der Waals surface area (Å²) < 4.78 is 16.2. The Kier molecular flexibility index (Phi) is 4.67. The van der Waals surface area contributed by atoms with E-state index < -0.39 is 5.91 Å². The van der Waals surface area contributed by atoms with E-state index in [0.717, 1.165) is 0 Å². The summed E-state index contributed by atoms with van der Waals surface area (Å²) in [5.74, 6) is 0.752. The minimum absolute atomic E-state index is 0.316. The molecule has 0 unspecified atom stereocenters. The lowest BCUT2D eigenvalue weighted by atomic mass is 10.1. The van der Waals surface area contributed by atoms with Crippen LogP contribution >= 0.6 is 0 Å². The normalized spacial score (nSPS) is 9.95.